The van der Waals surface area contributed by atoms with Gasteiger partial charge in [0, 0.05) is 6.42 Å². The van der Waals surface area contributed by atoms with Crippen LogP contribution in [0.2, 0.25) is 0 Å². The molecule has 0 spiro atoms. The highest BCUT2D eigenvalue weighted by Gasteiger charge is 2.31. The molecule has 0 saturated heterocycles. The molecule has 1 aromatic rings. The Balaban J connectivity index is 0.000000222. The minimum absolute atomic E-state index is 0.0648. The third-order valence-corrected chi connectivity index (χ3v) is 4.12. The third kappa shape index (κ3) is 4.83. The highest BCUT2D eigenvalue weighted by Crippen LogP contribution is 2.20. The number of fused-ring (bicyclic) bond motifs is 1. The van der Waals surface area contributed by atoms with Crippen LogP contribution >= 0.6 is 0 Å². The van der Waals surface area contributed by atoms with E-state index >= 15 is 0 Å². The molecule has 1 amide bonds. The van der Waals surface area contributed by atoms with Crippen molar-refractivity contribution >= 4 is 21.9 Å². The van der Waals surface area contributed by atoms with Gasteiger partial charge in [0.05, 0.1) is 5.56 Å². The predicted octanol–water partition coefficient (Wildman–Crippen LogP) is 1.70. The first kappa shape index (κ1) is 17.1. The Hall–Kier alpha value is -1.93. The molecule has 8 heteroatoms. The first-order chi connectivity index (χ1) is 9.92. The van der Waals surface area contributed by atoms with Crippen molar-refractivity contribution in [3.8, 4) is 0 Å². The third-order valence-electron chi connectivity index (χ3n) is 2.73. The molecule has 0 saturated carbocycles. The lowest BCUT2D eigenvalue weighted by Gasteiger charge is -1.93. The second-order valence-electron chi connectivity index (χ2n) is 4.35. The summed E-state index contributed by atoms with van der Waals surface area (Å²) < 4.78 is 24.2. The van der Waals surface area contributed by atoms with Crippen LogP contribution in [0, 0.1) is 0 Å². The average Bonchev–Trinajstić information content (AvgIpc) is 2.70. The molecule has 116 valence electrons. The van der Waals surface area contributed by atoms with Crippen LogP contribution in [0.25, 0.3) is 0 Å². The van der Waals surface area contributed by atoms with Crippen molar-refractivity contribution in [3.05, 3.63) is 29.8 Å². The van der Waals surface area contributed by atoms with Gasteiger partial charge in [0.2, 0.25) is 0 Å². The number of carbonyl (C=O) groups is 2. The van der Waals surface area contributed by atoms with Gasteiger partial charge in [0.1, 0.15) is 4.90 Å². The molecule has 1 heterocycles. The molecule has 0 unspecified atom stereocenters. The second kappa shape index (κ2) is 7.75. The van der Waals surface area contributed by atoms with Gasteiger partial charge in [-0.3, -0.25) is 4.79 Å². The predicted molar refractivity (Wildman–Crippen MR) is 74.0 cm³/mol. The zero-order valence-corrected chi connectivity index (χ0v) is 12.4. The first-order valence-corrected chi connectivity index (χ1v) is 7.91. The molecule has 0 bridgehead atoms. The fourth-order valence-corrected chi connectivity index (χ4v) is 2.86. The summed E-state index contributed by atoms with van der Waals surface area (Å²) in [6, 6.07) is 6.09. The highest BCUT2D eigenvalue weighted by molar-refractivity contribution is 7.90. The maximum Gasteiger partial charge on any atom is 0.342 e. The maximum atomic E-state index is 11.1. The summed E-state index contributed by atoms with van der Waals surface area (Å²) in [5.74, 6) is -1.09. The van der Waals surface area contributed by atoms with Crippen LogP contribution in [0.5, 0.6) is 0 Å². The number of unbranched alkanes of at least 4 members (excludes halogenated alkanes) is 2. The quantitative estimate of drug-likeness (QED) is 0.497. The van der Waals surface area contributed by atoms with Crippen LogP contribution in [-0.4, -0.2) is 25.6 Å². The first-order valence-electron chi connectivity index (χ1n) is 6.42. The Morgan fingerprint density at radius 2 is 1.95 bits per heavy atom. The fraction of sp³-hybridized carbons (Fsp3) is 0.385. The Bertz CT molecular complexity index is 611. The molecular formula is C13H17NO6S. The van der Waals surface area contributed by atoms with Crippen LogP contribution in [-0.2, 0) is 19.7 Å². The zero-order chi connectivity index (χ0) is 15.9. The minimum Gasteiger partial charge on any atom is -0.301 e. The molecule has 1 aliphatic heterocycles. The largest absolute Gasteiger partial charge is 0.342 e. The van der Waals surface area contributed by atoms with Gasteiger partial charge in [-0.2, -0.15) is 5.26 Å². The van der Waals surface area contributed by atoms with Crippen LogP contribution < -0.4 is 4.72 Å². The average molecular weight is 315 g/mol. The van der Waals surface area contributed by atoms with E-state index in [1.807, 2.05) is 11.6 Å². The molecule has 21 heavy (non-hydrogen) atoms. The lowest BCUT2D eigenvalue weighted by atomic mass is 10.2. The number of hydrogen-bond acceptors (Lipinski definition) is 6. The molecule has 2 rings (SSSR count). The molecule has 0 aromatic heterocycles. The second-order valence-corrected chi connectivity index (χ2v) is 6.00. The molecule has 0 atom stereocenters. The van der Waals surface area contributed by atoms with Gasteiger partial charge in [0.25, 0.3) is 15.9 Å². The molecule has 2 N–H and O–H groups in total. The van der Waals surface area contributed by atoms with Gasteiger partial charge in [0.15, 0.2) is 0 Å². The number of carbonyl (C=O) groups excluding carboxylic acids is 2. The standard InChI is InChI=1S/C7H5NO3S.C6H12O3/c9-7-5-3-1-2-4-6(5)12(10,11)8-7;1-2-3-4-5-6(7)9-8/h1-4H,(H,8,9);8H,2-5H2,1H3. The van der Waals surface area contributed by atoms with E-state index in [0.29, 0.717) is 6.42 Å². The molecule has 0 fully saturated rings. The maximum absolute atomic E-state index is 11.1. The summed E-state index contributed by atoms with van der Waals surface area (Å²) in [6.07, 6.45) is 3.20. The van der Waals surface area contributed by atoms with Crippen molar-refractivity contribution in [1.29, 1.82) is 0 Å². The highest BCUT2D eigenvalue weighted by atomic mass is 32.2. The van der Waals surface area contributed by atoms with Gasteiger partial charge in [-0.1, -0.05) is 31.9 Å². The Morgan fingerprint density at radius 1 is 1.29 bits per heavy atom. The number of hydrogen-bond donors (Lipinski definition) is 2. The number of amides is 1. The van der Waals surface area contributed by atoms with E-state index in [4.69, 9.17) is 5.26 Å². The van der Waals surface area contributed by atoms with Gasteiger partial charge in [-0.15, -0.1) is 0 Å². The zero-order valence-electron chi connectivity index (χ0n) is 11.5. The van der Waals surface area contributed by atoms with E-state index in [-0.39, 0.29) is 10.5 Å². The van der Waals surface area contributed by atoms with Crippen LogP contribution in [0.3, 0.4) is 0 Å². The van der Waals surface area contributed by atoms with Crippen LogP contribution in [0.1, 0.15) is 43.0 Å². The summed E-state index contributed by atoms with van der Waals surface area (Å²) >= 11 is 0. The van der Waals surface area contributed by atoms with E-state index in [1.54, 1.807) is 12.1 Å². The molecule has 7 nitrogen and oxygen atoms in total. The summed E-state index contributed by atoms with van der Waals surface area (Å²) in [5.41, 5.74) is 0.220. The summed E-state index contributed by atoms with van der Waals surface area (Å²) in [5, 5.41) is 7.78. The SMILES string of the molecule is CCCCCC(=O)OO.O=C1NS(=O)(=O)c2ccccc21. The van der Waals surface area contributed by atoms with Gasteiger partial charge >= 0.3 is 5.97 Å². The Kier molecular flexibility index (Phi) is 6.32. The summed E-state index contributed by atoms with van der Waals surface area (Å²) in [4.78, 5) is 24.7. The topological polar surface area (TPSA) is 110 Å². The molecular weight excluding hydrogens is 298 g/mol. The monoisotopic (exact) mass is 315 g/mol. The van der Waals surface area contributed by atoms with Crippen molar-refractivity contribution < 1.29 is 28.2 Å². The van der Waals surface area contributed by atoms with Gasteiger partial charge in [-0.05, 0) is 18.6 Å². The van der Waals surface area contributed by atoms with Crippen molar-refractivity contribution in [2.24, 2.45) is 0 Å². The Morgan fingerprint density at radius 3 is 2.52 bits per heavy atom. The van der Waals surface area contributed by atoms with Gasteiger partial charge in [-0.25, -0.2) is 17.9 Å². The normalized spacial score (nSPS) is 14.5. The number of benzene rings is 1. The minimum atomic E-state index is -3.55. The van der Waals surface area contributed by atoms with Crippen molar-refractivity contribution in [2.45, 2.75) is 37.5 Å². The lowest BCUT2D eigenvalue weighted by Crippen LogP contribution is -2.20. The molecule has 1 aliphatic rings. The van der Waals surface area contributed by atoms with E-state index in [0.717, 1.165) is 19.3 Å². The lowest BCUT2D eigenvalue weighted by molar-refractivity contribution is -0.234. The fourth-order valence-electron chi connectivity index (χ4n) is 1.69. The number of sulfonamides is 1. The Labute approximate surface area is 122 Å². The van der Waals surface area contributed by atoms with E-state index in [1.165, 1.54) is 12.1 Å². The number of rotatable bonds is 4. The van der Waals surface area contributed by atoms with Crippen LogP contribution in [0.4, 0.5) is 0 Å². The van der Waals surface area contributed by atoms with Gasteiger partial charge < -0.3 is 4.89 Å². The van der Waals surface area contributed by atoms with E-state index in [2.05, 4.69) is 4.89 Å². The van der Waals surface area contributed by atoms with E-state index < -0.39 is 21.9 Å². The molecule has 0 radical (unpaired) electrons. The van der Waals surface area contributed by atoms with Crippen LogP contribution in [0.15, 0.2) is 29.2 Å². The smallest absolute Gasteiger partial charge is 0.301 e. The van der Waals surface area contributed by atoms with E-state index in [9.17, 15) is 18.0 Å². The number of nitrogens with one attached hydrogen (secondary N) is 1. The van der Waals surface area contributed by atoms with Crippen molar-refractivity contribution in [2.75, 3.05) is 0 Å². The van der Waals surface area contributed by atoms with Crippen molar-refractivity contribution in [1.82, 2.24) is 4.72 Å². The van der Waals surface area contributed by atoms with Crippen molar-refractivity contribution in [3.63, 3.8) is 0 Å². The summed E-state index contributed by atoms with van der Waals surface area (Å²) in [6.45, 7) is 2.05. The molecule has 0 aliphatic carbocycles. The summed E-state index contributed by atoms with van der Waals surface area (Å²) in [7, 11) is -3.55. The molecule has 1 aromatic carbocycles.